The predicted octanol–water partition coefficient (Wildman–Crippen LogP) is 3.35. The standard InChI is InChI=1S/C19H22N4O2/c1-13-3-6-17-16(9-13)21-18(22(17)2)10-20-19(24)23(15-4-5-15)11-14-7-8-25-12-14/h3,6-9,12,15H,4-5,10-11H2,1-2H3,(H,20,24). The number of amides is 2. The van der Waals surface area contributed by atoms with E-state index >= 15 is 0 Å². The van der Waals surface area contributed by atoms with E-state index in [9.17, 15) is 4.79 Å². The van der Waals surface area contributed by atoms with Gasteiger partial charge in [0.25, 0.3) is 0 Å². The molecule has 2 heterocycles. The van der Waals surface area contributed by atoms with E-state index in [2.05, 4.69) is 35.4 Å². The summed E-state index contributed by atoms with van der Waals surface area (Å²) >= 11 is 0. The lowest BCUT2D eigenvalue weighted by Gasteiger charge is -2.22. The SMILES string of the molecule is Cc1ccc2c(c1)nc(CNC(=O)N(Cc1ccoc1)C1CC1)n2C. The number of hydrogen-bond donors (Lipinski definition) is 1. The lowest BCUT2D eigenvalue weighted by molar-refractivity contribution is 0.191. The second kappa shape index (κ2) is 6.27. The Balaban J connectivity index is 1.46. The molecule has 2 amide bonds. The number of imidazole rings is 1. The van der Waals surface area contributed by atoms with Crippen molar-refractivity contribution in [2.75, 3.05) is 0 Å². The highest BCUT2D eigenvalue weighted by Crippen LogP contribution is 2.28. The highest BCUT2D eigenvalue weighted by atomic mass is 16.3. The molecule has 1 N–H and O–H groups in total. The van der Waals surface area contributed by atoms with Crippen LogP contribution in [0.25, 0.3) is 11.0 Å². The van der Waals surface area contributed by atoms with Crippen molar-refractivity contribution < 1.29 is 9.21 Å². The number of benzene rings is 1. The first-order valence-corrected chi connectivity index (χ1v) is 8.59. The number of nitrogens with one attached hydrogen (secondary N) is 1. The summed E-state index contributed by atoms with van der Waals surface area (Å²) in [5.41, 5.74) is 4.23. The molecule has 4 rings (SSSR count). The van der Waals surface area contributed by atoms with Crippen LogP contribution in [0, 0.1) is 6.92 Å². The molecule has 1 aliphatic rings. The van der Waals surface area contributed by atoms with Gasteiger partial charge in [-0.2, -0.15) is 0 Å². The minimum atomic E-state index is -0.0491. The van der Waals surface area contributed by atoms with Gasteiger partial charge in [-0.25, -0.2) is 9.78 Å². The molecule has 1 saturated carbocycles. The third-order valence-electron chi connectivity index (χ3n) is 4.71. The number of carbonyl (C=O) groups excluding carboxylic acids is 1. The Labute approximate surface area is 146 Å². The zero-order valence-corrected chi connectivity index (χ0v) is 14.5. The van der Waals surface area contributed by atoms with Crippen molar-refractivity contribution in [2.24, 2.45) is 7.05 Å². The molecule has 0 bridgehead atoms. The molecule has 1 aliphatic carbocycles. The maximum absolute atomic E-state index is 12.7. The first-order chi connectivity index (χ1) is 12.1. The Morgan fingerprint density at radius 3 is 2.96 bits per heavy atom. The van der Waals surface area contributed by atoms with Gasteiger partial charge in [0.05, 0.1) is 36.6 Å². The van der Waals surface area contributed by atoms with Crippen molar-refractivity contribution in [3.63, 3.8) is 0 Å². The third kappa shape index (κ3) is 3.24. The maximum Gasteiger partial charge on any atom is 0.318 e. The highest BCUT2D eigenvalue weighted by Gasteiger charge is 2.32. The van der Waals surface area contributed by atoms with Crippen LogP contribution in [-0.4, -0.2) is 26.5 Å². The lowest BCUT2D eigenvalue weighted by Crippen LogP contribution is -2.40. The molecule has 3 aromatic rings. The van der Waals surface area contributed by atoms with Gasteiger partial charge in [0, 0.05) is 18.7 Å². The van der Waals surface area contributed by atoms with Crippen molar-refractivity contribution in [1.82, 2.24) is 19.8 Å². The summed E-state index contributed by atoms with van der Waals surface area (Å²) < 4.78 is 7.15. The second-order valence-corrected chi connectivity index (χ2v) is 6.73. The molecular formula is C19H22N4O2. The molecule has 1 fully saturated rings. The molecule has 130 valence electrons. The number of rotatable bonds is 5. The van der Waals surface area contributed by atoms with Gasteiger partial charge in [-0.15, -0.1) is 0 Å². The van der Waals surface area contributed by atoms with Crippen LogP contribution in [0.4, 0.5) is 4.79 Å². The van der Waals surface area contributed by atoms with E-state index in [0.29, 0.717) is 19.1 Å². The van der Waals surface area contributed by atoms with Crippen molar-refractivity contribution in [3.05, 3.63) is 53.7 Å². The van der Waals surface area contributed by atoms with Crippen molar-refractivity contribution in [2.45, 2.75) is 38.9 Å². The van der Waals surface area contributed by atoms with Crippen LogP contribution in [0.2, 0.25) is 0 Å². The Morgan fingerprint density at radius 2 is 2.24 bits per heavy atom. The average Bonchev–Trinajstić information content (AvgIpc) is 3.21. The minimum Gasteiger partial charge on any atom is -0.472 e. The molecular weight excluding hydrogens is 316 g/mol. The molecule has 6 nitrogen and oxygen atoms in total. The van der Waals surface area contributed by atoms with Crippen LogP contribution in [0.1, 0.15) is 29.8 Å². The van der Waals surface area contributed by atoms with Gasteiger partial charge in [-0.1, -0.05) is 6.07 Å². The number of furan rings is 1. The van der Waals surface area contributed by atoms with Gasteiger partial charge in [0.15, 0.2) is 0 Å². The van der Waals surface area contributed by atoms with E-state index in [1.165, 1.54) is 5.56 Å². The fourth-order valence-electron chi connectivity index (χ4n) is 3.11. The molecule has 0 aliphatic heterocycles. The Kier molecular flexibility index (Phi) is 3.95. The summed E-state index contributed by atoms with van der Waals surface area (Å²) in [6, 6.07) is 8.39. The van der Waals surface area contributed by atoms with Crippen LogP contribution in [0.5, 0.6) is 0 Å². The molecule has 25 heavy (non-hydrogen) atoms. The van der Waals surface area contributed by atoms with Crippen LogP contribution in [0.3, 0.4) is 0 Å². The maximum atomic E-state index is 12.7. The Bertz CT molecular complexity index is 894. The highest BCUT2D eigenvalue weighted by molar-refractivity contribution is 5.77. The molecule has 0 atom stereocenters. The number of aromatic nitrogens is 2. The van der Waals surface area contributed by atoms with E-state index in [4.69, 9.17) is 4.42 Å². The molecule has 2 aromatic heterocycles. The number of aryl methyl sites for hydroxylation is 2. The van der Waals surface area contributed by atoms with Gasteiger partial charge < -0.3 is 19.2 Å². The van der Waals surface area contributed by atoms with Crippen LogP contribution in [0.15, 0.2) is 41.2 Å². The van der Waals surface area contributed by atoms with E-state index < -0.39 is 0 Å². The number of urea groups is 1. The first kappa shape index (κ1) is 15.7. The summed E-state index contributed by atoms with van der Waals surface area (Å²) in [7, 11) is 1.98. The van der Waals surface area contributed by atoms with E-state index in [0.717, 1.165) is 35.3 Å². The summed E-state index contributed by atoms with van der Waals surface area (Å²) in [6.45, 7) is 3.05. The number of nitrogens with zero attached hydrogens (tertiary/aromatic N) is 3. The fourth-order valence-corrected chi connectivity index (χ4v) is 3.11. The topological polar surface area (TPSA) is 63.3 Å². The summed E-state index contributed by atoms with van der Waals surface area (Å²) in [5, 5.41) is 3.02. The normalized spacial score (nSPS) is 14.0. The average molecular weight is 338 g/mol. The van der Waals surface area contributed by atoms with Gasteiger partial charge in [0.1, 0.15) is 5.82 Å². The molecule has 0 radical (unpaired) electrons. The number of fused-ring (bicyclic) bond motifs is 1. The summed E-state index contributed by atoms with van der Waals surface area (Å²) in [4.78, 5) is 19.2. The third-order valence-corrected chi connectivity index (χ3v) is 4.71. The van der Waals surface area contributed by atoms with Gasteiger partial charge in [-0.05, 0) is 43.5 Å². The molecule has 0 unspecified atom stereocenters. The van der Waals surface area contributed by atoms with Gasteiger partial charge in [0.2, 0.25) is 0 Å². The zero-order valence-electron chi connectivity index (χ0n) is 14.5. The van der Waals surface area contributed by atoms with E-state index in [1.54, 1.807) is 12.5 Å². The minimum absolute atomic E-state index is 0.0491. The van der Waals surface area contributed by atoms with Gasteiger partial charge in [-0.3, -0.25) is 0 Å². The number of hydrogen-bond acceptors (Lipinski definition) is 3. The Hall–Kier alpha value is -2.76. The molecule has 0 spiro atoms. The van der Waals surface area contributed by atoms with Crippen LogP contribution >= 0.6 is 0 Å². The fraction of sp³-hybridized carbons (Fsp3) is 0.368. The zero-order chi connectivity index (χ0) is 17.4. The second-order valence-electron chi connectivity index (χ2n) is 6.73. The smallest absolute Gasteiger partial charge is 0.318 e. The van der Waals surface area contributed by atoms with Gasteiger partial charge >= 0.3 is 6.03 Å². The quantitative estimate of drug-likeness (QED) is 0.776. The molecule has 6 heteroatoms. The van der Waals surface area contributed by atoms with Crippen LogP contribution < -0.4 is 5.32 Å². The Morgan fingerprint density at radius 1 is 1.40 bits per heavy atom. The first-order valence-electron chi connectivity index (χ1n) is 8.59. The van der Waals surface area contributed by atoms with E-state index in [1.807, 2.05) is 22.6 Å². The summed E-state index contributed by atoms with van der Waals surface area (Å²) in [6.07, 6.45) is 5.46. The molecule has 0 saturated heterocycles. The van der Waals surface area contributed by atoms with E-state index in [-0.39, 0.29) is 6.03 Å². The largest absolute Gasteiger partial charge is 0.472 e. The van der Waals surface area contributed by atoms with Crippen molar-refractivity contribution >= 4 is 17.1 Å². The molecule has 1 aromatic carbocycles. The van der Waals surface area contributed by atoms with Crippen molar-refractivity contribution in [1.29, 1.82) is 0 Å². The number of carbonyl (C=O) groups is 1. The monoisotopic (exact) mass is 338 g/mol. The predicted molar refractivity (Wildman–Crippen MR) is 95.0 cm³/mol. The van der Waals surface area contributed by atoms with Crippen LogP contribution in [-0.2, 0) is 20.1 Å². The summed E-state index contributed by atoms with van der Waals surface area (Å²) in [5.74, 6) is 0.855. The van der Waals surface area contributed by atoms with Crippen molar-refractivity contribution in [3.8, 4) is 0 Å². The lowest BCUT2D eigenvalue weighted by atomic mass is 10.2.